The molecule has 0 N–H and O–H groups in total. The van der Waals surface area contributed by atoms with Gasteiger partial charge in [-0.1, -0.05) is 18.2 Å². The van der Waals surface area contributed by atoms with Gasteiger partial charge in [-0.05, 0) is 43.2 Å². The Hall–Kier alpha value is -3.02. The third-order valence-corrected chi connectivity index (χ3v) is 4.58. The zero-order valence-corrected chi connectivity index (χ0v) is 14.4. The highest BCUT2D eigenvalue weighted by Gasteiger charge is 2.31. The van der Waals surface area contributed by atoms with E-state index in [0.717, 1.165) is 17.7 Å². The van der Waals surface area contributed by atoms with E-state index in [0.29, 0.717) is 30.3 Å². The van der Waals surface area contributed by atoms with Gasteiger partial charge >= 0.3 is 5.97 Å². The van der Waals surface area contributed by atoms with Crippen molar-refractivity contribution in [2.24, 2.45) is 0 Å². The molecule has 2 aromatic carbocycles. The van der Waals surface area contributed by atoms with Crippen LogP contribution in [0.3, 0.4) is 0 Å². The first-order chi connectivity index (χ1) is 12.6. The highest BCUT2D eigenvalue weighted by Crippen LogP contribution is 2.32. The lowest BCUT2D eigenvalue weighted by molar-refractivity contribution is -0.122. The van der Waals surface area contributed by atoms with E-state index in [4.69, 9.17) is 14.2 Å². The van der Waals surface area contributed by atoms with E-state index in [-0.39, 0.29) is 18.6 Å². The van der Waals surface area contributed by atoms with Crippen LogP contribution in [0.25, 0.3) is 0 Å². The topological polar surface area (TPSA) is 65.1 Å². The van der Waals surface area contributed by atoms with Crippen LogP contribution in [0, 0.1) is 0 Å². The van der Waals surface area contributed by atoms with E-state index in [1.54, 1.807) is 23.1 Å². The van der Waals surface area contributed by atoms with Gasteiger partial charge in [-0.3, -0.25) is 4.79 Å². The molecule has 0 spiro atoms. The van der Waals surface area contributed by atoms with Crippen molar-refractivity contribution in [1.82, 2.24) is 0 Å². The van der Waals surface area contributed by atoms with Crippen molar-refractivity contribution in [1.29, 1.82) is 0 Å². The van der Waals surface area contributed by atoms with Gasteiger partial charge in [0.2, 0.25) is 0 Å². The molecule has 0 radical (unpaired) electrons. The molecule has 0 aromatic heterocycles. The Labute approximate surface area is 151 Å². The van der Waals surface area contributed by atoms with Gasteiger partial charge in [0, 0.05) is 11.7 Å². The molecule has 6 heteroatoms. The molecule has 2 heterocycles. The maximum Gasteiger partial charge on any atom is 0.338 e. The summed E-state index contributed by atoms with van der Waals surface area (Å²) in [5, 5.41) is 0. The Morgan fingerprint density at radius 1 is 1.12 bits per heavy atom. The molecule has 1 atom stereocenters. The molecule has 6 nitrogen and oxygen atoms in total. The van der Waals surface area contributed by atoms with Crippen molar-refractivity contribution in [3.05, 3.63) is 53.6 Å². The van der Waals surface area contributed by atoms with Crippen molar-refractivity contribution in [3.63, 3.8) is 0 Å². The molecular weight excluding hydrogens is 334 g/mol. The summed E-state index contributed by atoms with van der Waals surface area (Å²) in [5.74, 6) is 0.328. The number of para-hydroxylation sites is 1. The van der Waals surface area contributed by atoms with Gasteiger partial charge < -0.3 is 19.1 Å². The zero-order chi connectivity index (χ0) is 18.1. The highest BCUT2D eigenvalue weighted by molar-refractivity contribution is 5.99. The van der Waals surface area contributed by atoms with Crippen LogP contribution < -0.4 is 14.4 Å². The predicted molar refractivity (Wildman–Crippen MR) is 94.8 cm³/mol. The first-order valence-electron chi connectivity index (χ1n) is 8.60. The maximum absolute atomic E-state index is 12.6. The Balaban J connectivity index is 1.42. The summed E-state index contributed by atoms with van der Waals surface area (Å²) in [6, 6.07) is 12.7. The molecule has 0 bridgehead atoms. The number of carbonyl (C=O) groups excluding carboxylic acids is 2. The fourth-order valence-electron chi connectivity index (χ4n) is 3.40. The van der Waals surface area contributed by atoms with Crippen LogP contribution in [-0.2, 0) is 16.0 Å². The Morgan fingerprint density at radius 2 is 1.88 bits per heavy atom. The summed E-state index contributed by atoms with van der Waals surface area (Å²) in [4.78, 5) is 26.6. The van der Waals surface area contributed by atoms with Gasteiger partial charge in [0.1, 0.15) is 13.2 Å². The molecule has 0 unspecified atom stereocenters. The fraction of sp³-hybridized carbons (Fsp3) is 0.300. The molecule has 2 aliphatic heterocycles. The summed E-state index contributed by atoms with van der Waals surface area (Å²) >= 11 is 0. The lowest BCUT2D eigenvalue weighted by Gasteiger charge is -2.22. The third-order valence-electron chi connectivity index (χ3n) is 4.58. The van der Waals surface area contributed by atoms with E-state index >= 15 is 0 Å². The highest BCUT2D eigenvalue weighted by atomic mass is 16.6. The van der Waals surface area contributed by atoms with Gasteiger partial charge in [0.15, 0.2) is 18.1 Å². The average Bonchev–Trinajstić information content (AvgIpc) is 3.01. The Bertz CT molecular complexity index is 863. The largest absolute Gasteiger partial charge is 0.486 e. The molecule has 134 valence electrons. The molecule has 26 heavy (non-hydrogen) atoms. The molecule has 2 aliphatic rings. The lowest BCUT2D eigenvalue weighted by Crippen LogP contribution is -2.38. The second-order valence-electron chi connectivity index (χ2n) is 6.38. The molecule has 0 saturated heterocycles. The van der Waals surface area contributed by atoms with Crippen LogP contribution in [0.15, 0.2) is 42.5 Å². The smallest absolute Gasteiger partial charge is 0.338 e. The lowest BCUT2D eigenvalue weighted by atomic mass is 10.1. The van der Waals surface area contributed by atoms with Gasteiger partial charge in [-0.25, -0.2) is 4.79 Å². The predicted octanol–water partition coefficient (Wildman–Crippen LogP) is 2.59. The maximum atomic E-state index is 12.6. The first-order valence-corrected chi connectivity index (χ1v) is 8.60. The van der Waals surface area contributed by atoms with Gasteiger partial charge in [-0.15, -0.1) is 0 Å². The standard InChI is InChI=1S/C20H19NO5/c1-13-10-14-4-2-3-5-16(14)21(13)19(22)12-26-20(23)15-6-7-17-18(11-15)25-9-8-24-17/h2-7,11,13H,8-10,12H2,1H3/t13-/m1/s1. The van der Waals surface area contributed by atoms with E-state index in [2.05, 4.69) is 0 Å². The molecule has 4 rings (SSSR count). The quantitative estimate of drug-likeness (QED) is 0.794. The minimum Gasteiger partial charge on any atom is -0.486 e. The summed E-state index contributed by atoms with van der Waals surface area (Å²) in [6.07, 6.45) is 0.804. The summed E-state index contributed by atoms with van der Waals surface area (Å²) in [5.41, 5.74) is 2.35. The van der Waals surface area contributed by atoms with E-state index in [9.17, 15) is 9.59 Å². The summed E-state index contributed by atoms with van der Waals surface area (Å²) < 4.78 is 16.1. The van der Waals surface area contributed by atoms with Crippen molar-refractivity contribution in [3.8, 4) is 11.5 Å². The van der Waals surface area contributed by atoms with Crippen LogP contribution >= 0.6 is 0 Å². The van der Waals surface area contributed by atoms with Gasteiger partial charge in [0.05, 0.1) is 5.56 Å². The molecule has 0 fully saturated rings. The minimum absolute atomic E-state index is 0.0490. The number of nitrogens with zero attached hydrogens (tertiary/aromatic N) is 1. The molecule has 0 aliphatic carbocycles. The van der Waals surface area contributed by atoms with Gasteiger partial charge in [-0.2, -0.15) is 0 Å². The molecule has 1 amide bonds. The van der Waals surface area contributed by atoms with E-state index in [1.807, 2.05) is 31.2 Å². The van der Waals surface area contributed by atoms with Crippen LogP contribution in [0.1, 0.15) is 22.8 Å². The van der Waals surface area contributed by atoms with E-state index in [1.165, 1.54) is 0 Å². The molecule has 0 saturated carbocycles. The van der Waals surface area contributed by atoms with Crippen LogP contribution in [0.4, 0.5) is 5.69 Å². The van der Waals surface area contributed by atoms with Crippen LogP contribution in [0.5, 0.6) is 11.5 Å². The zero-order valence-electron chi connectivity index (χ0n) is 14.4. The van der Waals surface area contributed by atoms with Crippen molar-refractivity contribution in [2.75, 3.05) is 24.7 Å². The number of fused-ring (bicyclic) bond motifs is 2. The summed E-state index contributed by atoms with van der Waals surface area (Å²) in [7, 11) is 0. The van der Waals surface area contributed by atoms with Crippen LogP contribution in [-0.4, -0.2) is 37.7 Å². The van der Waals surface area contributed by atoms with Crippen LogP contribution in [0.2, 0.25) is 0 Å². The number of amides is 1. The number of carbonyl (C=O) groups is 2. The first kappa shape index (κ1) is 16.4. The van der Waals surface area contributed by atoms with Crippen molar-refractivity contribution in [2.45, 2.75) is 19.4 Å². The number of benzene rings is 2. The Morgan fingerprint density at radius 3 is 2.73 bits per heavy atom. The van der Waals surface area contributed by atoms with Gasteiger partial charge in [0.25, 0.3) is 5.91 Å². The second kappa shape index (κ2) is 6.71. The average molecular weight is 353 g/mol. The van der Waals surface area contributed by atoms with E-state index < -0.39 is 5.97 Å². The second-order valence-corrected chi connectivity index (χ2v) is 6.38. The minimum atomic E-state index is -0.560. The monoisotopic (exact) mass is 353 g/mol. The number of esters is 1. The van der Waals surface area contributed by atoms with Crippen molar-refractivity contribution < 1.29 is 23.8 Å². The van der Waals surface area contributed by atoms with Crippen molar-refractivity contribution >= 4 is 17.6 Å². The fourth-order valence-corrected chi connectivity index (χ4v) is 3.40. The molecule has 2 aromatic rings. The number of hydrogen-bond acceptors (Lipinski definition) is 5. The molecular formula is C20H19NO5. The number of hydrogen-bond donors (Lipinski definition) is 0. The normalized spacial score (nSPS) is 17.6. The number of rotatable bonds is 3. The number of anilines is 1. The Kier molecular flexibility index (Phi) is 4.24. The SMILES string of the molecule is C[C@@H]1Cc2ccccc2N1C(=O)COC(=O)c1ccc2c(c1)OCCO2. The number of ether oxygens (including phenoxy) is 3. The third kappa shape index (κ3) is 2.98. The summed E-state index contributed by atoms with van der Waals surface area (Å²) in [6.45, 7) is 2.61.